The molecule has 0 aliphatic heterocycles. The van der Waals surface area contributed by atoms with E-state index >= 15 is 0 Å². The average molecular weight is 274 g/mol. The molecule has 104 valence electrons. The number of aromatic amines is 1. The fraction of sp³-hybridized carbons (Fsp3) is 0.231. The van der Waals surface area contributed by atoms with Crippen LogP contribution in [0.3, 0.4) is 0 Å². The second-order valence-corrected chi connectivity index (χ2v) is 4.40. The molecular formula is C13H14N4O3. The number of non-ortho nitro benzene ring substituents is 1. The Morgan fingerprint density at radius 2 is 2.15 bits per heavy atom. The number of amides is 1. The molecule has 0 saturated carbocycles. The van der Waals surface area contributed by atoms with Gasteiger partial charge < -0.3 is 5.32 Å². The molecule has 0 atom stereocenters. The number of aryl methyl sites for hydroxylation is 2. The first-order chi connectivity index (χ1) is 9.49. The number of benzene rings is 1. The summed E-state index contributed by atoms with van der Waals surface area (Å²) < 4.78 is 0. The van der Waals surface area contributed by atoms with Crippen LogP contribution < -0.4 is 5.32 Å². The lowest BCUT2D eigenvalue weighted by atomic mass is 10.1. The summed E-state index contributed by atoms with van der Waals surface area (Å²) >= 11 is 0. The Morgan fingerprint density at radius 3 is 2.75 bits per heavy atom. The minimum Gasteiger partial charge on any atom is -0.305 e. The number of H-pyrrole nitrogens is 1. The standard InChI is InChI=1S/C13H14N4O3/c1-3-10-7-12(16-15-10)14-13(18)9-4-8(2)5-11(6-9)17(19)20/h4-7H,3H2,1-2H3,(H2,14,15,16,18). The lowest BCUT2D eigenvalue weighted by Gasteiger charge is -2.03. The number of nitro groups is 1. The van der Waals surface area contributed by atoms with E-state index in [1.165, 1.54) is 12.1 Å². The molecule has 0 radical (unpaired) electrons. The van der Waals surface area contributed by atoms with Crippen molar-refractivity contribution in [2.45, 2.75) is 20.3 Å². The Labute approximate surface area is 115 Å². The normalized spacial score (nSPS) is 10.3. The number of hydrogen-bond donors (Lipinski definition) is 2. The van der Waals surface area contributed by atoms with Gasteiger partial charge in [0, 0.05) is 29.5 Å². The predicted molar refractivity (Wildman–Crippen MR) is 73.8 cm³/mol. The van der Waals surface area contributed by atoms with Gasteiger partial charge in [0.1, 0.15) is 0 Å². The van der Waals surface area contributed by atoms with Gasteiger partial charge in [0.25, 0.3) is 11.6 Å². The van der Waals surface area contributed by atoms with E-state index in [1.54, 1.807) is 19.1 Å². The molecule has 0 saturated heterocycles. The van der Waals surface area contributed by atoms with Crippen molar-refractivity contribution in [2.24, 2.45) is 0 Å². The van der Waals surface area contributed by atoms with Gasteiger partial charge in [-0.1, -0.05) is 6.92 Å². The Balaban J connectivity index is 2.22. The second kappa shape index (κ2) is 5.52. The van der Waals surface area contributed by atoms with Crippen LogP contribution in [0.25, 0.3) is 0 Å². The molecular weight excluding hydrogens is 260 g/mol. The van der Waals surface area contributed by atoms with Crippen molar-refractivity contribution in [3.05, 3.63) is 51.2 Å². The summed E-state index contributed by atoms with van der Waals surface area (Å²) in [5.41, 5.74) is 1.68. The average Bonchev–Trinajstić information content (AvgIpc) is 2.85. The molecule has 1 heterocycles. The zero-order valence-corrected chi connectivity index (χ0v) is 11.1. The van der Waals surface area contributed by atoms with Gasteiger partial charge in [-0.25, -0.2) is 0 Å². The van der Waals surface area contributed by atoms with Gasteiger partial charge in [0.2, 0.25) is 0 Å². The highest BCUT2D eigenvalue weighted by Gasteiger charge is 2.14. The van der Waals surface area contributed by atoms with E-state index < -0.39 is 10.8 Å². The molecule has 0 spiro atoms. The van der Waals surface area contributed by atoms with Crippen LogP contribution in [0.15, 0.2) is 24.3 Å². The molecule has 2 aromatic rings. The lowest BCUT2D eigenvalue weighted by Crippen LogP contribution is -2.12. The van der Waals surface area contributed by atoms with E-state index in [4.69, 9.17) is 0 Å². The number of nitro benzene ring substituents is 1. The maximum Gasteiger partial charge on any atom is 0.270 e. The number of rotatable bonds is 4. The molecule has 1 aromatic heterocycles. The summed E-state index contributed by atoms with van der Waals surface area (Å²) in [6.07, 6.45) is 0.777. The lowest BCUT2D eigenvalue weighted by molar-refractivity contribution is -0.384. The third kappa shape index (κ3) is 3.00. The first-order valence-electron chi connectivity index (χ1n) is 6.11. The number of aromatic nitrogens is 2. The van der Waals surface area contributed by atoms with Gasteiger partial charge >= 0.3 is 0 Å². The number of hydrogen-bond acceptors (Lipinski definition) is 4. The molecule has 1 amide bonds. The SMILES string of the molecule is CCc1cc(NC(=O)c2cc(C)cc([N+](=O)[O-])c2)n[nH]1. The van der Waals surface area contributed by atoms with Crippen molar-refractivity contribution in [2.75, 3.05) is 5.32 Å². The third-order valence-corrected chi connectivity index (χ3v) is 2.79. The van der Waals surface area contributed by atoms with E-state index in [2.05, 4.69) is 15.5 Å². The summed E-state index contributed by atoms with van der Waals surface area (Å²) in [5.74, 6) is -0.0260. The molecule has 7 heteroatoms. The van der Waals surface area contributed by atoms with Gasteiger partial charge in [-0.15, -0.1) is 0 Å². The number of carbonyl (C=O) groups is 1. The molecule has 0 bridgehead atoms. The molecule has 0 aliphatic carbocycles. The maximum atomic E-state index is 12.1. The highest BCUT2D eigenvalue weighted by molar-refractivity contribution is 6.04. The van der Waals surface area contributed by atoms with Gasteiger partial charge in [-0.2, -0.15) is 5.10 Å². The number of nitrogens with zero attached hydrogens (tertiary/aromatic N) is 2. The Morgan fingerprint density at radius 1 is 1.40 bits per heavy atom. The molecule has 20 heavy (non-hydrogen) atoms. The number of anilines is 1. The molecule has 0 aliphatic rings. The quantitative estimate of drug-likeness (QED) is 0.660. The zero-order valence-electron chi connectivity index (χ0n) is 11.1. The second-order valence-electron chi connectivity index (χ2n) is 4.40. The summed E-state index contributed by atoms with van der Waals surface area (Å²) in [6.45, 7) is 3.66. The fourth-order valence-corrected chi connectivity index (χ4v) is 1.79. The van der Waals surface area contributed by atoms with E-state index in [0.29, 0.717) is 11.4 Å². The Kier molecular flexibility index (Phi) is 3.79. The molecule has 0 fully saturated rings. The fourth-order valence-electron chi connectivity index (χ4n) is 1.79. The van der Waals surface area contributed by atoms with E-state index in [-0.39, 0.29) is 11.3 Å². The molecule has 2 N–H and O–H groups in total. The van der Waals surface area contributed by atoms with Crippen LogP contribution >= 0.6 is 0 Å². The smallest absolute Gasteiger partial charge is 0.270 e. The van der Waals surface area contributed by atoms with Crippen molar-refractivity contribution < 1.29 is 9.72 Å². The van der Waals surface area contributed by atoms with Crippen LogP contribution in [0.2, 0.25) is 0 Å². The van der Waals surface area contributed by atoms with Crippen molar-refractivity contribution in [3.8, 4) is 0 Å². The van der Waals surface area contributed by atoms with E-state index in [0.717, 1.165) is 12.1 Å². The third-order valence-electron chi connectivity index (χ3n) is 2.79. The molecule has 7 nitrogen and oxygen atoms in total. The topological polar surface area (TPSA) is 101 Å². The monoisotopic (exact) mass is 274 g/mol. The van der Waals surface area contributed by atoms with Crippen LogP contribution in [0.1, 0.15) is 28.5 Å². The van der Waals surface area contributed by atoms with Gasteiger partial charge in [-0.05, 0) is 25.0 Å². The van der Waals surface area contributed by atoms with Gasteiger partial charge in [0.05, 0.1) is 4.92 Å². The molecule has 1 aromatic carbocycles. The van der Waals surface area contributed by atoms with E-state index in [9.17, 15) is 14.9 Å². The molecule has 0 unspecified atom stereocenters. The highest BCUT2D eigenvalue weighted by Crippen LogP contribution is 2.18. The van der Waals surface area contributed by atoms with Crippen molar-refractivity contribution in [3.63, 3.8) is 0 Å². The number of carbonyl (C=O) groups excluding carboxylic acids is 1. The highest BCUT2D eigenvalue weighted by atomic mass is 16.6. The number of nitrogens with one attached hydrogen (secondary N) is 2. The summed E-state index contributed by atoms with van der Waals surface area (Å²) in [6, 6.07) is 5.98. The Hall–Kier alpha value is -2.70. The van der Waals surface area contributed by atoms with E-state index in [1.807, 2.05) is 6.92 Å². The van der Waals surface area contributed by atoms with Crippen molar-refractivity contribution in [1.82, 2.24) is 10.2 Å². The summed E-state index contributed by atoms with van der Waals surface area (Å²) in [5, 5.41) is 20.1. The van der Waals surface area contributed by atoms with Crippen LogP contribution in [0.4, 0.5) is 11.5 Å². The first-order valence-corrected chi connectivity index (χ1v) is 6.11. The minimum atomic E-state index is -0.520. The van der Waals surface area contributed by atoms with Crippen LogP contribution in [-0.4, -0.2) is 21.0 Å². The first kappa shape index (κ1) is 13.7. The summed E-state index contributed by atoms with van der Waals surface area (Å²) in [7, 11) is 0. The summed E-state index contributed by atoms with van der Waals surface area (Å²) in [4.78, 5) is 22.3. The van der Waals surface area contributed by atoms with Crippen LogP contribution in [0, 0.1) is 17.0 Å². The Bertz CT molecular complexity index is 663. The largest absolute Gasteiger partial charge is 0.305 e. The van der Waals surface area contributed by atoms with Crippen LogP contribution in [0.5, 0.6) is 0 Å². The minimum absolute atomic E-state index is 0.105. The van der Waals surface area contributed by atoms with Gasteiger partial charge in [-0.3, -0.25) is 20.0 Å². The van der Waals surface area contributed by atoms with Gasteiger partial charge in [0.15, 0.2) is 5.82 Å². The van der Waals surface area contributed by atoms with Crippen molar-refractivity contribution >= 4 is 17.4 Å². The zero-order chi connectivity index (χ0) is 14.7. The van der Waals surface area contributed by atoms with Crippen molar-refractivity contribution in [1.29, 1.82) is 0 Å². The maximum absolute atomic E-state index is 12.1. The predicted octanol–water partition coefficient (Wildman–Crippen LogP) is 2.44. The molecule has 2 rings (SSSR count). The van der Waals surface area contributed by atoms with Crippen LogP contribution in [-0.2, 0) is 6.42 Å².